The van der Waals surface area contributed by atoms with E-state index in [1.165, 1.54) is 11.8 Å². The number of hydrogen-bond acceptors (Lipinski definition) is 4. The molecule has 1 fully saturated rings. The molecule has 1 atom stereocenters. The molecule has 1 N–H and O–H groups in total. The van der Waals surface area contributed by atoms with E-state index in [0.29, 0.717) is 22.3 Å². The second-order valence-electron chi connectivity index (χ2n) is 5.94. The van der Waals surface area contributed by atoms with E-state index < -0.39 is 5.97 Å². The molecule has 1 aromatic heterocycles. The third-order valence-corrected chi connectivity index (χ3v) is 4.84. The summed E-state index contributed by atoms with van der Waals surface area (Å²) in [4.78, 5) is 15.3. The Kier molecular flexibility index (Phi) is 3.18. The minimum Gasteiger partial charge on any atom is -0.481 e. The van der Waals surface area contributed by atoms with Crippen LogP contribution >= 0.6 is 11.8 Å². The molecule has 0 radical (unpaired) electrons. The van der Waals surface area contributed by atoms with E-state index in [9.17, 15) is 10.1 Å². The number of benzene rings is 1. The maximum atomic E-state index is 10.8. The molecule has 1 heterocycles. The molecular weight excluding hydrogens is 286 g/mol. The highest BCUT2D eigenvalue weighted by Gasteiger charge is 2.48. The largest absolute Gasteiger partial charge is 0.481 e. The smallest absolute Gasteiger partial charge is 0.313 e. The molecule has 0 aliphatic heterocycles. The topological polar surface area (TPSA) is 78.9 Å². The first kappa shape index (κ1) is 14.0. The Balaban J connectivity index is 2.14. The van der Waals surface area contributed by atoms with Crippen molar-refractivity contribution in [2.45, 2.75) is 31.5 Å². The van der Waals surface area contributed by atoms with Crippen LogP contribution in [0.4, 0.5) is 0 Å². The average molecular weight is 301 g/mol. The zero-order valence-electron chi connectivity index (χ0n) is 11.8. The number of hydrogen-bond donors (Lipinski definition) is 1. The number of nitriles is 1. The van der Waals surface area contributed by atoms with E-state index in [4.69, 9.17) is 5.11 Å². The van der Waals surface area contributed by atoms with Gasteiger partial charge in [-0.05, 0) is 24.0 Å². The third-order valence-electron chi connectivity index (χ3n) is 3.91. The molecule has 2 aromatic rings. The maximum Gasteiger partial charge on any atom is 0.313 e. The lowest BCUT2D eigenvalue weighted by Crippen LogP contribution is -2.04. The van der Waals surface area contributed by atoms with Crippen LogP contribution in [0.25, 0.3) is 11.0 Å². The minimum atomic E-state index is -0.867. The maximum absolute atomic E-state index is 10.8. The van der Waals surface area contributed by atoms with Crippen molar-refractivity contribution < 1.29 is 9.90 Å². The van der Waals surface area contributed by atoms with Crippen LogP contribution in [0.1, 0.15) is 31.9 Å². The summed E-state index contributed by atoms with van der Waals surface area (Å²) in [5.41, 5.74) is 2.30. The number of para-hydroxylation sites is 1. The first-order valence-electron chi connectivity index (χ1n) is 6.69. The molecule has 0 saturated heterocycles. The molecule has 108 valence electrons. The molecule has 1 aliphatic carbocycles. The van der Waals surface area contributed by atoms with Gasteiger partial charge in [0.2, 0.25) is 0 Å². The molecule has 21 heavy (non-hydrogen) atoms. The molecule has 0 spiro atoms. The van der Waals surface area contributed by atoms with Gasteiger partial charge in [-0.25, -0.2) is 4.98 Å². The molecule has 1 aromatic carbocycles. The summed E-state index contributed by atoms with van der Waals surface area (Å²) < 4.78 is 2.10. The zero-order valence-corrected chi connectivity index (χ0v) is 12.6. The highest BCUT2D eigenvalue weighted by Crippen LogP contribution is 2.57. The Bertz CT molecular complexity index is 773. The van der Waals surface area contributed by atoms with Crippen LogP contribution in [0, 0.1) is 16.7 Å². The molecule has 0 bridgehead atoms. The van der Waals surface area contributed by atoms with E-state index >= 15 is 0 Å². The van der Waals surface area contributed by atoms with Crippen molar-refractivity contribution in [3.63, 3.8) is 0 Å². The third kappa shape index (κ3) is 2.38. The van der Waals surface area contributed by atoms with Crippen molar-refractivity contribution in [3.05, 3.63) is 23.8 Å². The summed E-state index contributed by atoms with van der Waals surface area (Å²) in [7, 11) is 0. The number of aromatic nitrogens is 2. The van der Waals surface area contributed by atoms with Crippen LogP contribution in [0.5, 0.6) is 0 Å². The molecular formula is C15H15N3O2S. The monoisotopic (exact) mass is 301 g/mol. The first-order chi connectivity index (χ1) is 9.94. The Morgan fingerprint density at radius 3 is 2.90 bits per heavy atom. The summed E-state index contributed by atoms with van der Waals surface area (Å²) in [5.74, 6) is -0.896. The number of fused-ring (bicyclic) bond motifs is 1. The van der Waals surface area contributed by atoms with Gasteiger partial charge < -0.3 is 9.67 Å². The summed E-state index contributed by atoms with van der Waals surface area (Å²) >= 11 is 1.21. The van der Waals surface area contributed by atoms with Gasteiger partial charge in [-0.3, -0.25) is 4.79 Å². The van der Waals surface area contributed by atoms with Crippen LogP contribution < -0.4 is 0 Å². The van der Waals surface area contributed by atoms with Gasteiger partial charge in [0, 0.05) is 6.04 Å². The van der Waals surface area contributed by atoms with Gasteiger partial charge in [0.05, 0.1) is 16.8 Å². The van der Waals surface area contributed by atoms with Gasteiger partial charge in [0.15, 0.2) is 5.16 Å². The molecule has 1 unspecified atom stereocenters. The lowest BCUT2D eigenvalue weighted by atomic mass is 10.1. The van der Waals surface area contributed by atoms with Gasteiger partial charge in [0.25, 0.3) is 0 Å². The van der Waals surface area contributed by atoms with E-state index in [0.717, 1.165) is 11.9 Å². The van der Waals surface area contributed by atoms with Crippen molar-refractivity contribution >= 4 is 28.8 Å². The number of carboxylic acid groups (broad SMARTS) is 1. The second kappa shape index (κ2) is 4.78. The normalized spacial score (nSPS) is 19.4. The lowest BCUT2D eigenvalue weighted by Gasteiger charge is -2.10. The number of rotatable bonds is 4. The van der Waals surface area contributed by atoms with Crippen LogP contribution in [-0.2, 0) is 4.79 Å². The molecule has 3 rings (SSSR count). The molecule has 1 aliphatic rings. The minimum absolute atomic E-state index is 0.0294. The van der Waals surface area contributed by atoms with Crippen molar-refractivity contribution in [3.8, 4) is 6.07 Å². The summed E-state index contributed by atoms with van der Waals surface area (Å²) in [6.45, 7) is 4.37. The van der Waals surface area contributed by atoms with E-state index in [1.807, 2.05) is 12.1 Å². The molecule has 6 heteroatoms. The Morgan fingerprint density at radius 2 is 2.33 bits per heavy atom. The molecule has 1 saturated carbocycles. The number of carbonyl (C=O) groups is 1. The molecule has 5 nitrogen and oxygen atoms in total. The quantitative estimate of drug-likeness (QED) is 0.878. The number of imidazole rings is 1. The average Bonchev–Trinajstić information content (AvgIpc) is 2.91. The standard InChI is InChI=1S/C15H15N3O2S/c1-15(2)6-11(15)18-10-5-3-4-9(7-16)13(10)17-14(18)21-8-12(19)20/h3-5,11H,6,8H2,1-2H3,(H,19,20). The fourth-order valence-corrected chi connectivity index (χ4v) is 3.37. The van der Waals surface area contributed by atoms with E-state index in [2.05, 4.69) is 29.5 Å². The van der Waals surface area contributed by atoms with Crippen molar-refractivity contribution in [1.82, 2.24) is 9.55 Å². The second-order valence-corrected chi connectivity index (χ2v) is 6.88. The number of carboxylic acids is 1. The lowest BCUT2D eigenvalue weighted by molar-refractivity contribution is -0.133. The predicted molar refractivity (Wildman–Crippen MR) is 80.2 cm³/mol. The zero-order chi connectivity index (χ0) is 15.2. The number of aliphatic carboxylic acids is 1. The summed E-state index contributed by atoms with van der Waals surface area (Å²) in [6.07, 6.45) is 1.04. The van der Waals surface area contributed by atoms with Gasteiger partial charge in [-0.1, -0.05) is 31.7 Å². The van der Waals surface area contributed by atoms with E-state index in [1.54, 1.807) is 6.07 Å². The Labute approximate surface area is 126 Å². The van der Waals surface area contributed by atoms with Crippen molar-refractivity contribution in [1.29, 1.82) is 5.26 Å². The fraction of sp³-hybridized carbons (Fsp3) is 0.400. The number of nitrogens with zero attached hydrogens (tertiary/aromatic N) is 3. The predicted octanol–water partition coefficient (Wildman–Crippen LogP) is 3.06. The van der Waals surface area contributed by atoms with Gasteiger partial charge in [0.1, 0.15) is 11.6 Å². The molecule has 0 amide bonds. The van der Waals surface area contributed by atoms with Gasteiger partial charge >= 0.3 is 5.97 Å². The SMILES string of the molecule is CC1(C)CC1n1c(SCC(=O)O)nc2c(C#N)cccc21. The van der Waals surface area contributed by atoms with Crippen LogP contribution in [0.2, 0.25) is 0 Å². The number of thioether (sulfide) groups is 1. The Hall–Kier alpha value is -2.00. The fourth-order valence-electron chi connectivity index (χ4n) is 2.60. The van der Waals surface area contributed by atoms with Gasteiger partial charge in [-0.15, -0.1) is 0 Å². The summed E-state index contributed by atoms with van der Waals surface area (Å²) in [6, 6.07) is 8.00. The van der Waals surface area contributed by atoms with E-state index in [-0.39, 0.29) is 11.2 Å². The Morgan fingerprint density at radius 1 is 1.62 bits per heavy atom. The van der Waals surface area contributed by atoms with Crippen molar-refractivity contribution in [2.75, 3.05) is 5.75 Å². The van der Waals surface area contributed by atoms with Gasteiger partial charge in [-0.2, -0.15) is 5.26 Å². The van der Waals surface area contributed by atoms with Crippen LogP contribution in [0.3, 0.4) is 0 Å². The highest BCUT2D eigenvalue weighted by molar-refractivity contribution is 7.99. The first-order valence-corrected chi connectivity index (χ1v) is 7.68. The summed E-state index contributed by atoms with van der Waals surface area (Å²) in [5, 5.41) is 18.8. The highest BCUT2D eigenvalue weighted by atomic mass is 32.2. The van der Waals surface area contributed by atoms with Crippen LogP contribution in [-0.4, -0.2) is 26.4 Å². The van der Waals surface area contributed by atoms with Crippen LogP contribution in [0.15, 0.2) is 23.4 Å². The van der Waals surface area contributed by atoms with Crippen molar-refractivity contribution in [2.24, 2.45) is 5.41 Å².